The molecule has 1 aliphatic heterocycles. The third-order valence-corrected chi connectivity index (χ3v) is 4.02. The zero-order valence-electron chi connectivity index (χ0n) is 13.1. The molecule has 0 fully saturated rings. The fourth-order valence-electron chi connectivity index (χ4n) is 2.41. The highest BCUT2D eigenvalue weighted by molar-refractivity contribution is 6.48. The number of anilines is 1. The van der Waals surface area contributed by atoms with Crippen molar-refractivity contribution >= 4 is 40.0 Å². The molecule has 0 unspecified atom stereocenters. The van der Waals surface area contributed by atoms with Crippen molar-refractivity contribution in [3.8, 4) is 17.2 Å². The molecule has 3 aromatic rings. The van der Waals surface area contributed by atoms with Crippen LogP contribution in [-0.4, -0.2) is 23.7 Å². The monoisotopic (exact) mass is 353 g/mol. The van der Waals surface area contributed by atoms with Gasteiger partial charge >= 0.3 is 0 Å². The van der Waals surface area contributed by atoms with Crippen LogP contribution in [0, 0.1) is 0 Å². The Kier molecular flexibility index (Phi) is 3.74. The molecule has 0 radical (unpaired) electrons. The number of oxazole rings is 1. The predicted octanol–water partition coefficient (Wildman–Crippen LogP) is 4.06. The number of rotatable bonds is 4. The number of hydrogen-bond acceptors (Lipinski definition) is 5. The van der Waals surface area contributed by atoms with E-state index < -0.39 is 0 Å². The van der Waals surface area contributed by atoms with Gasteiger partial charge < -0.3 is 14.5 Å². The summed E-state index contributed by atoms with van der Waals surface area (Å²) in [6, 6.07) is 10.6. The zero-order valence-corrected chi connectivity index (χ0v) is 13.9. The average molecular weight is 354 g/mol. The van der Waals surface area contributed by atoms with Gasteiger partial charge in [0.05, 0.1) is 12.1 Å². The Labute approximate surface area is 147 Å². The van der Waals surface area contributed by atoms with Crippen LogP contribution in [0.15, 0.2) is 58.1 Å². The summed E-state index contributed by atoms with van der Waals surface area (Å²) in [6.07, 6.45) is 3.22. The van der Waals surface area contributed by atoms with E-state index in [0.29, 0.717) is 39.2 Å². The summed E-state index contributed by atoms with van der Waals surface area (Å²) in [6.45, 7) is 0. The number of methoxy groups -OCH3 is 1. The number of amides is 1. The summed E-state index contributed by atoms with van der Waals surface area (Å²) < 4.78 is 10.9. The highest BCUT2D eigenvalue weighted by atomic mass is 35.5. The molecule has 1 aromatic heterocycles. The molecule has 25 heavy (non-hydrogen) atoms. The number of carbonyl (C=O) groups is 1. The molecule has 2 heterocycles. The Morgan fingerprint density at radius 1 is 1.24 bits per heavy atom. The second-order valence-corrected chi connectivity index (χ2v) is 5.74. The van der Waals surface area contributed by atoms with Crippen molar-refractivity contribution in [2.45, 2.75) is 0 Å². The minimum absolute atomic E-state index is 0.257. The molecule has 1 aliphatic rings. The quantitative estimate of drug-likeness (QED) is 0.767. The summed E-state index contributed by atoms with van der Waals surface area (Å²) in [5.74, 6) is 0.765. The van der Waals surface area contributed by atoms with E-state index in [1.165, 1.54) is 0 Å². The van der Waals surface area contributed by atoms with Gasteiger partial charge in [-0.15, -0.1) is 0 Å². The summed E-state index contributed by atoms with van der Waals surface area (Å²) in [4.78, 5) is 20.2. The predicted molar refractivity (Wildman–Crippen MR) is 96.2 cm³/mol. The Morgan fingerprint density at radius 2 is 2.08 bits per heavy atom. The average Bonchev–Trinajstić information content (AvgIpc) is 2.96. The zero-order chi connectivity index (χ0) is 17.4. The molecule has 1 amide bonds. The molecule has 0 saturated carbocycles. The summed E-state index contributed by atoms with van der Waals surface area (Å²) in [5, 5.41) is 3.25. The van der Waals surface area contributed by atoms with Crippen LogP contribution < -0.4 is 10.1 Å². The van der Waals surface area contributed by atoms with Crippen LogP contribution in [-0.2, 0) is 4.79 Å². The highest BCUT2D eigenvalue weighted by Crippen LogP contribution is 2.32. The van der Waals surface area contributed by atoms with Crippen LogP contribution in [0.4, 0.5) is 5.69 Å². The highest BCUT2D eigenvalue weighted by Gasteiger charge is 2.14. The van der Waals surface area contributed by atoms with Gasteiger partial charge in [0.2, 0.25) is 5.89 Å². The fraction of sp³-hybridized carbons (Fsp3) is 0.0556. The lowest BCUT2D eigenvalue weighted by atomic mass is 10.2. The first-order chi connectivity index (χ1) is 12.1. The normalized spacial score (nSPS) is 12.6. The second kappa shape index (κ2) is 6.07. The van der Waals surface area contributed by atoms with E-state index in [9.17, 15) is 4.79 Å². The van der Waals surface area contributed by atoms with Gasteiger partial charge in [0.15, 0.2) is 5.58 Å². The number of nitrogens with one attached hydrogen (secondary N) is 1. The topological polar surface area (TPSA) is 76.7 Å². The fourth-order valence-corrected chi connectivity index (χ4v) is 2.66. The van der Waals surface area contributed by atoms with Gasteiger partial charge in [-0.05, 0) is 42.5 Å². The van der Waals surface area contributed by atoms with Crippen LogP contribution >= 0.6 is 11.6 Å². The number of aromatic nitrogens is 1. The van der Waals surface area contributed by atoms with E-state index in [2.05, 4.69) is 15.3 Å². The number of fused-ring (bicyclic) bond motifs is 1. The standard InChI is InChI=1S/C18H12ClN3O3/c1-24-15-4-2-10(8-12(15)19)18-22-14-9-11(3-5-16(14)25-18)21-17(23)13-6-7-20-13/h2-9H,1H3,(H,21,23). The van der Waals surface area contributed by atoms with Crippen LogP contribution in [0.5, 0.6) is 5.75 Å². The number of aliphatic imine (C=N–C) groups is 1. The number of benzene rings is 2. The smallest absolute Gasteiger partial charge is 0.274 e. The van der Waals surface area contributed by atoms with Crippen molar-refractivity contribution < 1.29 is 13.9 Å². The molecule has 0 saturated heterocycles. The minimum atomic E-state index is -0.257. The lowest BCUT2D eigenvalue weighted by Gasteiger charge is -2.07. The first kappa shape index (κ1) is 15.4. The molecule has 0 bridgehead atoms. The molecule has 7 heteroatoms. The molecule has 124 valence electrons. The number of halogens is 1. The first-order valence-corrected chi connectivity index (χ1v) is 7.82. The number of nitrogens with zero attached hydrogens (tertiary/aromatic N) is 2. The Hall–Kier alpha value is -3.12. The molecule has 0 atom stereocenters. The van der Waals surface area contributed by atoms with Crippen molar-refractivity contribution in [3.63, 3.8) is 0 Å². The maximum atomic E-state index is 11.9. The second-order valence-electron chi connectivity index (χ2n) is 5.34. The number of carbonyl (C=O) groups excluding carboxylic acids is 1. The third kappa shape index (κ3) is 2.88. The van der Waals surface area contributed by atoms with Crippen molar-refractivity contribution in [3.05, 3.63) is 53.7 Å². The van der Waals surface area contributed by atoms with Crippen molar-refractivity contribution in [2.24, 2.45) is 4.99 Å². The van der Waals surface area contributed by atoms with Crippen molar-refractivity contribution in [2.75, 3.05) is 12.4 Å². The molecule has 4 rings (SSSR count). The Morgan fingerprint density at radius 3 is 2.76 bits per heavy atom. The maximum absolute atomic E-state index is 11.9. The minimum Gasteiger partial charge on any atom is -0.495 e. The SMILES string of the molecule is COc1ccc(-c2nc3cc(NC(=O)C4=NC=C4)ccc3o2)cc1Cl. The van der Waals surface area contributed by atoms with Crippen molar-refractivity contribution in [1.29, 1.82) is 0 Å². The van der Waals surface area contributed by atoms with E-state index >= 15 is 0 Å². The van der Waals surface area contributed by atoms with Gasteiger partial charge in [0.25, 0.3) is 5.91 Å². The Balaban J connectivity index is 1.63. The van der Waals surface area contributed by atoms with Crippen LogP contribution in [0.1, 0.15) is 0 Å². The summed E-state index contributed by atoms with van der Waals surface area (Å²) in [5.41, 5.74) is 3.00. The van der Waals surface area contributed by atoms with Crippen LogP contribution in [0.25, 0.3) is 22.6 Å². The van der Waals surface area contributed by atoms with E-state index in [1.54, 1.807) is 49.7 Å². The van der Waals surface area contributed by atoms with Crippen LogP contribution in [0.3, 0.4) is 0 Å². The number of ether oxygens (including phenoxy) is 1. The van der Waals surface area contributed by atoms with Gasteiger partial charge in [0, 0.05) is 17.5 Å². The largest absolute Gasteiger partial charge is 0.495 e. The molecule has 0 aliphatic carbocycles. The summed E-state index contributed by atoms with van der Waals surface area (Å²) in [7, 11) is 1.56. The lowest BCUT2D eigenvalue weighted by Crippen LogP contribution is -2.23. The Bertz CT molecular complexity index is 1050. The molecule has 6 nitrogen and oxygen atoms in total. The van der Waals surface area contributed by atoms with Gasteiger partial charge in [-0.1, -0.05) is 11.6 Å². The van der Waals surface area contributed by atoms with Gasteiger partial charge in [-0.25, -0.2) is 4.98 Å². The van der Waals surface area contributed by atoms with E-state index in [1.807, 2.05) is 6.07 Å². The molecular weight excluding hydrogens is 342 g/mol. The maximum Gasteiger partial charge on any atom is 0.274 e. The van der Waals surface area contributed by atoms with Crippen LogP contribution in [0.2, 0.25) is 5.02 Å². The van der Waals surface area contributed by atoms with E-state index in [4.69, 9.17) is 20.8 Å². The third-order valence-electron chi connectivity index (χ3n) is 3.72. The molecule has 2 aromatic carbocycles. The van der Waals surface area contributed by atoms with Gasteiger partial charge in [-0.3, -0.25) is 9.79 Å². The van der Waals surface area contributed by atoms with E-state index in [0.717, 1.165) is 5.56 Å². The van der Waals surface area contributed by atoms with Crippen molar-refractivity contribution in [1.82, 2.24) is 4.98 Å². The molecule has 1 N–H and O–H groups in total. The first-order valence-electron chi connectivity index (χ1n) is 7.44. The molecular formula is C18H12ClN3O3. The lowest BCUT2D eigenvalue weighted by molar-refractivity contribution is -0.110. The molecule has 0 spiro atoms. The summed E-state index contributed by atoms with van der Waals surface area (Å²) >= 11 is 6.15. The van der Waals surface area contributed by atoms with E-state index in [-0.39, 0.29) is 5.91 Å². The van der Waals surface area contributed by atoms with Gasteiger partial charge in [0.1, 0.15) is 17.0 Å². The van der Waals surface area contributed by atoms with Gasteiger partial charge in [-0.2, -0.15) is 0 Å². The number of hydrogen-bond donors (Lipinski definition) is 1.